The van der Waals surface area contributed by atoms with Gasteiger partial charge in [0, 0.05) is 21.4 Å². The Morgan fingerprint density at radius 2 is 1.75 bits per heavy atom. The zero-order valence-electron chi connectivity index (χ0n) is 14.6. The summed E-state index contributed by atoms with van der Waals surface area (Å²) >= 11 is 3.50. The number of aromatic nitrogens is 1. The van der Waals surface area contributed by atoms with Gasteiger partial charge in [0.05, 0.1) is 16.9 Å². The molecule has 0 saturated heterocycles. The molecule has 5 rings (SSSR count). The Balaban J connectivity index is 1.67. The minimum atomic E-state index is -0.954. The number of fused-ring (bicyclic) bond motifs is 3. The van der Waals surface area contributed by atoms with Crippen molar-refractivity contribution >= 4 is 43.6 Å². The van der Waals surface area contributed by atoms with Gasteiger partial charge in [0.1, 0.15) is 5.58 Å². The van der Waals surface area contributed by atoms with Crippen LogP contribution in [-0.4, -0.2) is 15.6 Å². The van der Waals surface area contributed by atoms with Crippen LogP contribution < -0.4 is 0 Å². The maximum Gasteiger partial charge on any atom is 0.335 e. The van der Waals surface area contributed by atoms with E-state index in [1.807, 2.05) is 41.1 Å². The molecule has 0 bridgehead atoms. The Kier molecular flexibility index (Phi) is 3.84. The summed E-state index contributed by atoms with van der Waals surface area (Å²) in [5.74, 6) is -0.199. The van der Waals surface area contributed by atoms with Crippen molar-refractivity contribution in [3.05, 3.63) is 89.0 Å². The smallest absolute Gasteiger partial charge is 0.335 e. The van der Waals surface area contributed by atoms with Gasteiger partial charge in [-0.15, -0.1) is 0 Å². The molecule has 0 amide bonds. The topological polar surface area (TPSA) is 55.4 Å². The summed E-state index contributed by atoms with van der Waals surface area (Å²) < 4.78 is 8.94. The average Bonchev–Trinajstić information content (AvgIpc) is 3.34. The van der Waals surface area contributed by atoms with Crippen LogP contribution in [0.25, 0.3) is 38.9 Å². The summed E-state index contributed by atoms with van der Waals surface area (Å²) in [6.45, 7) is 0. The number of hydrogen-bond acceptors (Lipinski definition) is 2. The van der Waals surface area contributed by atoms with Crippen LogP contribution in [0.1, 0.15) is 10.4 Å². The average molecular weight is 432 g/mol. The quantitative estimate of drug-likeness (QED) is 0.354. The summed E-state index contributed by atoms with van der Waals surface area (Å²) in [5.41, 5.74) is 2.83. The van der Waals surface area contributed by atoms with Crippen LogP contribution in [0, 0.1) is 0 Å². The van der Waals surface area contributed by atoms with Crippen molar-refractivity contribution in [2.75, 3.05) is 0 Å². The Bertz CT molecular complexity index is 1360. The fourth-order valence-corrected chi connectivity index (χ4v) is 4.09. The molecule has 2 heterocycles. The van der Waals surface area contributed by atoms with E-state index in [2.05, 4.69) is 40.2 Å². The molecule has 1 N–H and O–H groups in total. The number of carboxylic acids is 1. The first-order valence-electron chi connectivity index (χ1n) is 8.74. The standard InChI is InChI=1S/C23H14BrNO3/c24-18-12-16(23(26)27)9-10-19(18)25-11-3-6-20(25)21-13-15-8-7-14-4-1-2-5-17(14)22(15)28-21/h1-13H,(H,26,27). The van der Waals surface area contributed by atoms with Crippen molar-refractivity contribution < 1.29 is 14.3 Å². The highest BCUT2D eigenvalue weighted by Crippen LogP contribution is 2.35. The molecule has 136 valence electrons. The van der Waals surface area contributed by atoms with Gasteiger partial charge in [-0.25, -0.2) is 4.79 Å². The fourth-order valence-electron chi connectivity index (χ4n) is 3.52. The van der Waals surface area contributed by atoms with Crippen molar-refractivity contribution in [2.45, 2.75) is 0 Å². The first-order chi connectivity index (χ1) is 13.6. The summed E-state index contributed by atoms with van der Waals surface area (Å²) in [6, 6.07) is 23.3. The highest BCUT2D eigenvalue weighted by molar-refractivity contribution is 9.10. The van der Waals surface area contributed by atoms with Crippen LogP contribution in [0.5, 0.6) is 0 Å². The second-order valence-corrected chi connectivity index (χ2v) is 7.40. The van der Waals surface area contributed by atoms with Crippen LogP contribution in [0.3, 0.4) is 0 Å². The van der Waals surface area contributed by atoms with E-state index in [0.717, 1.165) is 38.9 Å². The Hall–Kier alpha value is -3.31. The lowest BCUT2D eigenvalue weighted by Gasteiger charge is -2.10. The van der Waals surface area contributed by atoms with Gasteiger partial charge < -0.3 is 14.1 Å². The number of benzene rings is 3. The first kappa shape index (κ1) is 16.8. The summed E-state index contributed by atoms with van der Waals surface area (Å²) in [7, 11) is 0. The number of halogens is 1. The van der Waals surface area contributed by atoms with E-state index < -0.39 is 5.97 Å². The van der Waals surface area contributed by atoms with Crippen molar-refractivity contribution in [3.8, 4) is 17.1 Å². The molecular weight excluding hydrogens is 418 g/mol. The van der Waals surface area contributed by atoms with Gasteiger partial charge in [-0.05, 0) is 57.7 Å². The molecule has 3 aromatic carbocycles. The van der Waals surface area contributed by atoms with Gasteiger partial charge in [0.2, 0.25) is 0 Å². The fraction of sp³-hybridized carbons (Fsp3) is 0. The summed E-state index contributed by atoms with van der Waals surface area (Å²) in [5, 5.41) is 12.4. The van der Waals surface area contributed by atoms with E-state index in [0.29, 0.717) is 4.47 Å². The molecule has 0 saturated carbocycles. The monoisotopic (exact) mass is 431 g/mol. The molecule has 2 aromatic heterocycles. The van der Waals surface area contributed by atoms with Crippen molar-refractivity contribution in [3.63, 3.8) is 0 Å². The molecule has 0 fully saturated rings. The lowest BCUT2D eigenvalue weighted by Crippen LogP contribution is -2.00. The van der Waals surface area contributed by atoms with Gasteiger partial charge in [-0.3, -0.25) is 0 Å². The Morgan fingerprint density at radius 3 is 2.57 bits per heavy atom. The van der Waals surface area contributed by atoms with E-state index in [-0.39, 0.29) is 5.56 Å². The number of hydrogen-bond donors (Lipinski definition) is 1. The number of aromatic carboxylic acids is 1. The molecular formula is C23H14BrNO3. The normalized spacial score (nSPS) is 11.3. The highest BCUT2D eigenvalue weighted by Gasteiger charge is 2.15. The minimum absolute atomic E-state index is 0.236. The van der Waals surface area contributed by atoms with E-state index in [1.54, 1.807) is 18.2 Å². The third-order valence-electron chi connectivity index (χ3n) is 4.86. The molecule has 28 heavy (non-hydrogen) atoms. The predicted molar refractivity (Wildman–Crippen MR) is 113 cm³/mol. The van der Waals surface area contributed by atoms with Gasteiger partial charge in [0.15, 0.2) is 5.76 Å². The second kappa shape index (κ2) is 6.39. The van der Waals surface area contributed by atoms with Crippen LogP contribution in [0.4, 0.5) is 0 Å². The molecule has 5 heteroatoms. The maximum absolute atomic E-state index is 11.2. The molecule has 0 atom stereocenters. The largest absolute Gasteiger partial charge is 0.478 e. The minimum Gasteiger partial charge on any atom is -0.478 e. The van der Waals surface area contributed by atoms with Crippen molar-refractivity contribution in [1.82, 2.24) is 4.57 Å². The van der Waals surface area contributed by atoms with E-state index in [9.17, 15) is 9.90 Å². The van der Waals surface area contributed by atoms with Crippen molar-refractivity contribution in [2.24, 2.45) is 0 Å². The van der Waals surface area contributed by atoms with E-state index in [4.69, 9.17) is 4.42 Å². The molecule has 0 aliphatic heterocycles. The zero-order valence-corrected chi connectivity index (χ0v) is 16.2. The number of nitrogens with zero attached hydrogens (tertiary/aromatic N) is 1. The molecule has 4 nitrogen and oxygen atoms in total. The molecule has 0 unspecified atom stereocenters. The lowest BCUT2D eigenvalue weighted by atomic mass is 10.1. The van der Waals surface area contributed by atoms with Crippen molar-refractivity contribution in [1.29, 1.82) is 0 Å². The van der Waals surface area contributed by atoms with Crippen LogP contribution in [0.15, 0.2) is 87.9 Å². The molecule has 5 aromatic rings. The number of carbonyl (C=O) groups is 1. The summed E-state index contributed by atoms with van der Waals surface area (Å²) in [4.78, 5) is 11.2. The SMILES string of the molecule is O=C(O)c1ccc(-n2cccc2-c2cc3ccc4ccccc4c3o2)c(Br)c1. The lowest BCUT2D eigenvalue weighted by molar-refractivity contribution is 0.0697. The van der Waals surface area contributed by atoms with Crippen LogP contribution in [-0.2, 0) is 0 Å². The molecule has 0 aliphatic carbocycles. The number of rotatable bonds is 3. The number of carboxylic acid groups (broad SMARTS) is 1. The maximum atomic E-state index is 11.2. The van der Waals surface area contributed by atoms with Gasteiger partial charge in [-0.2, -0.15) is 0 Å². The third-order valence-corrected chi connectivity index (χ3v) is 5.50. The molecule has 0 spiro atoms. The van der Waals surface area contributed by atoms with Gasteiger partial charge in [-0.1, -0.05) is 36.4 Å². The molecule has 0 aliphatic rings. The van der Waals surface area contributed by atoms with Gasteiger partial charge >= 0.3 is 5.97 Å². The summed E-state index contributed by atoms with van der Waals surface area (Å²) in [6.07, 6.45) is 1.93. The Morgan fingerprint density at radius 1 is 0.929 bits per heavy atom. The number of furan rings is 1. The van der Waals surface area contributed by atoms with Crippen LogP contribution in [0.2, 0.25) is 0 Å². The van der Waals surface area contributed by atoms with Crippen LogP contribution >= 0.6 is 15.9 Å². The zero-order chi connectivity index (χ0) is 19.3. The molecule has 0 radical (unpaired) electrons. The second-order valence-electron chi connectivity index (χ2n) is 6.55. The van der Waals surface area contributed by atoms with E-state index >= 15 is 0 Å². The first-order valence-corrected chi connectivity index (χ1v) is 9.53. The van der Waals surface area contributed by atoms with Gasteiger partial charge in [0.25, 0.3) is 0 Å². The van der Waals surface area contributed by atoms with E-state index in [1.165, 1.54) is 0 Å². The third kappa shape index (κ3) is 2.63. The Labute approximate surface area is 168 Å². The highest BCUT2D eigenvalue weighted by atomic mass is 79.9. The predicted octanol–water partition coefficient (Wildman–Crippen LogP) is 6.50.